The Bertz CT molecular complexity index is 1490. The first-order valence-electron chi connectivity index (χ1n) is 8.96. The van der Waals surface area contributed by atoms with E-state index in [1.807, 2.05) is 35.1 Å². The minimum atomic E-state index is 1.25. The summed E-state index contributed by atoms with van der Waals surface area (Å²) < 4.78 is 5.33. The molecule has 1 nitrogen and oxygen atoms in total. The van der Waals surface area contributed by atoms with Gasteiger partial charge in [0, 0.05) is 52.7 Å². The van der Waals surface area contributed by atoms with Crippen molar-refractivity contribution in [3.8, 4) is 11.1 Å². The molecule has 6 aromatic rings. The SMILES string of the molecule is Cc1ccc2sc3ccc(-c4ccc5sc6ccncc6c5c4)cc3c2c1. The third kappa shape index (κ3) is 2.32. The lowest BCUT2D eigenvalue weighted by Gasteiger charge is -2.03. The van der Waals surface area contributed by atoms with E-state index in [0.717, 1.165) is 0 Å². The third-order valence-corrected chi connectivity index (χ3v) is 7.53. The molecule has 3 aromatic carbocycles. The molecule has 0 aliphatic heterocycles. The summed E-state index contributed by atoms with van der Waals surface area (Å²) in [6.07, 6.45) is 3.85. The molecule has 0 aliphatic carbocycles. The van der Waals surface area contributed by atoms with Crippen LogP contribution in [0.3, 0.4) is 0 Å². The smallest absolute Gasteiger partial charge is 0.0386 e. The first-order valence-corrected chi connectivity index (χ1v) is 10.6. The van der Waals surface area contributed by atoms with Crippen LogP contribution in [0, 0.1) is 6.92 Å². The maximum absolute atomic E-state index is 4.32. The molecule has 0 saturated carbocycles. The van der Waals surface area contributed by atoms with E-state index >= 15 is 0 Å². The molecule has 0 amide bonds. The van der Waals surface area contributed by atoms with Crippen molar-refractivity contribution in [2.75, 3.05) is 0 Å². The molecule has 3 aromatic heterocycles. The van der Waals surface area contributed by atoms with Crippen molar-refractivity contribution in [2.45, 2.75) is 6.92 Å². The number of fused-ring (bicyclic) bond motifs is 6. The third-order valence-electron chi connectivity index (χ3n) is 5.23. The minimum absolute atomic E-state index is 1.25. The Morgan fingerprint density at radius 2 is 1.15 bits per heavy atom. The fraction of sp³-hybridized carbons (Fsp3) is 0.0417. The molecular formula is C24H15NS2. The number of thiophene rings is 2. The van der Waals surface area contributed by atoms with E-state index < -0.39 is 0 Å². The van der Waals surface area contributed by atoms with Crippen LogP contribution in [0.25, 0.3) is 51.5 Å². The number of aryl methyl sites for hydroxylation is 1. The number of benzene rings is 3. The van der Waals surface area contributed by atoms with Crippen LogP contribution in [-0.2, 0) is 0 Å². The summed E-state index contributed by atoms with van der Waals surface area (Å²) in [6, 6.07) is 22.5. The van der Waals surface area contributed by atoms with Crippen LogP contribution in [0.4, 0.5) is 0 Å². The lowest BCUT2D eigenvalue weighted by molar-refractivity contribution is 1.37. The molecule has 27 heavy (non-hydrogen) atoms. The van der Waals surface area contributed by atoms with Gasteiger partial charge < -0.3 is 0 Å². The molecule has 0 unspecified atom stereocenters. The number of nitrogens with zero attached hydrogens (tertiary/aromatic N) is 1. The van der Waals surface area contributed by atoms with Gasteiger partial charge in [0.1, 0.15) is 0 Å². The average Bonchev–Trinajstić information content (AvgIpc) is 3.25. The first-order chi connectivity index (χ1) is 13.3. The van der Waals surface area contributed by atoms with Gasteiger partial charge in [-0.3, -0.25) is 4.98 Å². The number of hydrogen-bond acceptors (Lipinski definition) is 3. The molecule has 128 valence electrons. The first kappa shape index (κ1) is 15.3. The summed E-state index contributed by atoms with van der Waals surface area (Å²) in [5.41, 5.74) is 3.85. The monoisotopic (exact) mass is 381 g/mol. The van der Waals surface area contributed by atoms with E-state index in [1.54, 1.807) is 0 Å². The second-order valence-electron chi connectivity index (χ2n) is 7.00. The van der Waals surface area contributed by atoms with Crippen molar-refractivity contribution in [1.29, 1.82) is 0 Å². The Labute approximate surface area is 164 Å². The van der Waals surface area contributed by atoms with E-state index in [0.29, 0.717) is 0 Å². The van der Waals surface area contributed by atoms with Gasteiger partial charge in [0.05, 0.1) is 0 Å². The van der Waals surface area contributed by atoms with Crippen LogP contribution in [0.5, 0.6) is 0 Å². The van der Waals surface area contributed by atoms with Gasteiger partial charge in [-0.25, -0.2) is 0 Å². The quantitative estimate of drug-likeness (QED) is 0.283. The summed E-state index contributed by atoms with van der Waals surface area (Å²) in [5.74, 6) is 0. The van der Waals surface area contributed by atoms with Crippen molar-refractivity contribution < 1.29 is 0 Å². The van der Waals surface area contributed by atoms with Crippen molar-refractivity contribution in [3.63, 3.8) is 0 Å². The van der Waals surface area contributed by atoms with Crippen LogP contribution < -0.4 is 0 Å². The van der Waals surface area contributed by atoms with E-state index in [1.165, 1.54) is 57.0 Å². The van der Waals surface area contributed by atoms with Gasteiger partial charge in [0.2, 0.25) is 0 Å². The number of pyridine rings is 1. The number of rotatable bonds is 1. The second-order valence-corrected chi connectivity index (χ2v) is 9.17. The highest BCUT2D eigenvalue weighted by Crippen LogP contribution is 2.39. The van der Waals surface area contributed by atoms with Gasteiger partial charge in [-0.05, 0) is 60.5 Å². The van der Waals surface area contributed by atoms with Gasteiger partial charge in [0.15, 0.2) is 0 Å². The van der Waals surface area contributed by atoms with Crippen LogP contribution in [-0.4, -0.2) is 4.98 Å². The van der Waals surface area contributed by atoms with E-state index in [4.69, 9.17) is 0 Å². The van der Waals surface area contributed by atoms with Gasteiger partial charge in [-0.1, -0.05) is 23.8 Å². The van der Waals surface area contributed by atoms with E-state index in [2.05, 4.69) is 72.6 Å². The highest BCUT2D eigenvalue weighted by atomic mass is 32.1. The Hall–Kier alpha value is -2.75. The molecule has 6 rings (SSSR count). The van der Waals surface area contributed by atoms with Crippen LogP contribution in [0.2, 0.25) is 0 Å². The van der Waals surface area contributed by atoms with Gasteiger partial charge in [-0.2, -0.15) is 0 Å². The molecule has 0 saturated heterocycles. The van der Waals surface area contributed by atoms with Crippen molar-refractivity contribution in [1.82, 2.24) is 4.98 Å². The minimum Gasteiger partial charge on any atom is -0.264 e. The lowest BCUT2D eigenvalue weighted by atomic mass is 10.0. The molecular weight excluding hydrogens is 366 g/mol. The predicted molar refractivity (Wildman–Crippen MR) is 120 cm³/mol. The Kier molecular flexibility index (Phi) is 3.19. The van der Waals surface area contributed by atoms with E-state index in [9.17, 15) is 0 Å². The molecule has 0 spiro atoms. The fourth-order valence-electron chi connectivity index (χ4n) is 3.87. The topological polar surface area (TPSA) is 12.9 Å². The molecule has 0 atom stereocenters. The van der Waals surface area contributed by atoms with Crippen LogP contribution in [0.1, 0.15) is 5.56 Å². The van der Waals surface area contributed by atoms with Crippen molar-refractivity contribution in [2.24, 2.45) is 0 Å². The summed E-state index contributed by atoms with van der Waals surface area (Å²) in [4.78, 5) is 4.32. The lowest BCUT2D eigenvalue weighted by Crippen LogP contribution is -1.78. The highest BCUT2D eigenvalue weighted by molar-refractivity contribution is 7.26. The number of hydrogen-bond donors (Lipinski definition) is 0. The molecule has 0 fully saturated rings. The molecule has 3 heterocycles. The highest BCUT2D eigenvalue weighted by Gasteiger charge is 2.10. The Balaban J connectivity index is 1.61. The normalized spacial score (nSPS) is 11.9. The zero-order valence-electron chi connectivity index (χ0n) is 14.7. The maximum atomic E-state index is 4.32. The van der Waals surface area contributed by atoms with Gasteiger partial charge in [0.25, 0.3) is 0 Å². The Morgan fingerprint density at radius 3 is 1.85 bits per heavy atom. The molecule has 3 heteroatoms. The van der Waals surface area contributed by atoms with Gasteiger partial charge in [-0.15, -0.1) is 22.7 Å². The molecule has 0 radical (unpaired) electrons. The predicted octanol–water partition coefficient (Wildman–Crippen LogP) is 7.79. The molecule has 0 bridgehead atoms. The zero-order valence-corrected chi connectivity index (χ0v) is 16.3. The summed E-state index contributed by atoms with van der Waals surface area (Å²) in [6.45, 7) is 2.16. The van der Waals surface area contributed by atoms with Gasteiger partial charge >= 0.3 is 0 Å². The van der Waals surface area contributed by atoms with E-state index in [-0.39, 0.29) is 0 Å². The summed E-state index contributed by atoms with van der Waals surface area (Å²) in [7, 11) is 0. The maximum Gasteiger partial charge on any atom is 0.0386 e. The number of aromatic nitrogens is 1. The summed E-state index contributed by atoms with van der Waals surface area (Å²) in [5, 5.41) is 5.26. The second kappa shape index (κ2) is 5.62. The standard InChI is InChI=1S/C24H15NS2/c1-14-2-5-21-17(10-14)18-11-15(3-6-22(18)26-21)16-4-7-23-19(12-16)20-13-25-9-8-24(20)27-23/h2-13H,1H3. The van der Waals surface area contributed by atoms with Crippen molar-refractivity contribution in [3.05, 3.63) is 78.6 Å². The zero-order chi connectivity index (χ0) is 18.0. The fourth-order valence-corrected chi connectivity index (χ4v) is 5.99. The largest absolute Gasteiger partial charge is 0.264 e. The average molecular weight is 382 g/mol. The summed E-state index contributed by atoms with van der Waals surface area (Å²) >= 11 is 3.71. The molecule has 0 N–H and O–H groups in total. The van der Waals surface area contributed by atoms with Crippen molar-refractivity contribution >= 4 is 63.0 Å². The van der Waals surface area contributed by atoms with Crippen LogP contribution >= 0.6 is 22.7 Å². The molecule has 0 aliphatic rings. The van der Waals surface area contributed by atoms with Crippen LogP contribution in [0.15, 0.2) is 73.1 Å². The Morgan fingerprint density at radius 1 is 0.593 bits per heavy atom.